The number of rotatable bonds is 3. The highest BCUT2D eigenvalue weighted by molar-refractivity contribution is 7.71. The third kappa shape index (κ3) is 2.76. The van der Waals surface area contributed by atoms with E-state index >= 15 is 0 Å². The standard InChI is InChI=1S/C16H20F2N2S/c1-2-10-3-5-11(6-4-10)9-20-15-13(19-16(20)21)8-7-12(17)14(15)18/h7-8,10-11H,2-6,9H2,1H3,(H,19,21). The van der Waals surface area contributed by atoms with E-state index in [1.807, 2.05) is 0 Å². The minimum atomic E-state index is -0.819. The summed E-state index contributed by atoms with van der Waals surface area (Å²) < 4.78 is 29.8. The van der Waals surface area contributed by atoms with Crippen LogP contribution in [0, 0.1) is 28.2 Å². The maximum absolute atomic E-state index is 14.1. The zero-order chi connectivity index (χ0) is 15.0. The maximum Gasteiger partial charge on any atom is 0.184 e. The molecule has 1 aromatic carbocycles. The van der Waals surface area contributed by atoms with E-state index < -0.39 is 11.6 Å². The van der Waals surface area contributed by atoms with Crippen LogP contribution in [-0.4, -0.2) is 9.55 Å². The van der Waals surface area contributed by atoms with Gasteiger partial charge in [0, 0.05) is 6.54 Å². The second-order valence-corrected chi connectivity index (χ2v) is 6.48. The van der Waals surface area contributed by atoms with Crippen LogP contribution in [-0.2, 0) is 6.54 Å². The smallest absolute Gasteiger partial charge is 0.184 e. The van der Waals surface area contributed by atoms with Gasteiger partial charge in [-0.1, -0.05) is 26.2 Å². The molecule has 0 amide bonds. The molecule has 1 aliphatic rings. The van der Waals surface area contributed by atoms with E-state index in [2.05, 4.69) is 11.9 Å². The van der Waals surface area contributed by atoms with E-state index in [1.54, 1.807) is 10.6 Å². The molecule has 1 saturated carbocycles. The Morgan fingerprint density at radius 3 is 2.52 bits per heavy atom. The van der Waals surface area contributed by atoms with E-state index in [1.165, 1.54) is 19.3 Å². The third-order valence-electron chi connectivity index (χ3n) is 4.81. The average molecular weight is 310 g/mol. The predicted octanol–water partition coefficient (Wildman–Crippen LogP) is 5.19. The van der Waals surface area contributed by atoms with Crippen molar-refractivity contribution in [1.82, 2.24) is 9.55 Å². The summed E-state index contributed by atoms with van der Waals surface area (Å²) in [6.45, 7) is 2.91. The Kier molecular flexibility index (Phi) is 4.11. The van der Waals surface area contributed by atoms with Gasteiger partial charge in [0.25, 0.3) is 0 Å². The molecule has 21 heavy (non-hydrogen) atoms. The SMILES string of the molecule is CCC1CCC(Cn2c(=S)[nH]c3ccc(F)c(F)c32)CC1. The van der Waals surface area contributed by atoms with Gasteiger partial charge in [-0.05, 0) is 49.0 Å². The molecule has 2 nitrogen and oxygen atoms in total. The van der Waals surface area contributed by atoms with Gasteiger partial charge in [0.05, 0.1) is 5.52 Å². The molecule has 0 unspecified atom stereocenters. The van der Waals surface area contributed by atoms with Crippen LogP contribution in [0.25, 0.3) is 11.0 Å². The summed E-state index contributed by atoms with van der Waals surface area (Å²) in [7, 11) is 0. The number of halogens is 2. The molecule has 0 atom stereocenters. The van der Waals surface area contributed by atoms with Gasteiger partial charge in [-0.2, -0.15) is 0 Å². The first-order valence-electron chi connectivity index (χ1n) is 7.66. The quantitative estimate of drug-likeness (QED) is 0.773. The maximum atomic E-state index is 14.1. The van der Waals surface area contributed by atoms with Crippen molar-refractivity contribution in [1.29, 1.82) is 0 Å². The Balaban J connectivity index is 1.89. The first kappa shape index (κ1) is 14.7. The molecule has 0 radical (unpaired) electrons. The van der Waals surface area contributed by atoms with E-state index in [4.69, 9.17) is 12.2 Å². The number of benzene rings is 1. The van der Waals surface area contributed by atoms with E-state index in [0.717, 1.165) is 24.8 Å². The van der Waals surface area contributed by atoms with Gasteiger partial charge in [0.2, 0.25) is 0 Å². The molecule has 5 heteroatoms. The largest absolute Gasteiger partial charge is 0.330 e. The van der Waals surface area contributed by atoms with E-state index in [0.29, 0.717) is 22.8 Å². The van der Waals surface area contributed by atoms with Crippen molar-refractivity contribution >= 4 is 23.3 Å². The summed E-state index contributed by atoms with van der Waals surface area (Å²) in [6.07, 6.45) is 5.98. The van der Waals surface area contributed by atoms with Crippen molar-refractivity contribution in [2.45, 2.75) is 45.6 Å². The summed E-state index contributed by atoms with van der Waals surface area (Å²) in [4.78, 5) is 2.98. The Labute approximate surface area is 128 Å². The summed E-state index contributed by atoms with van der Waals surface area (Å²) in [5, 5.41) is 0. The van der Waals surface area contributed by atoms with Crippen molar-refractivity contribution in [2.24, 2.45) is 11.8 Å². The minimum Gasteiger partial charge on any atom is -0.330 e. The molecule has 0 aliphatic heterocycles. The lowest BCUT2D eigenvalue weighted by atomic mass is 9.81. The molecular weight excluding hydrogens is 290 g/mol. The molecule has 0 bridgehead atoms. The molecule has 1 aromatic heterocycles. The molecule has 1 fully saturated rings. The molecule has 3 rings (SSSR count). The number of nitrogens with one attached hydrogen (secondary N) is 1. The number of aromatic nitrogens is 2. The van der Waals surface area contributed by atoms with Crippen LogP contribution >= 0.6 is 12.2 Å². The van der Waals surface area contributed by atoms with E-state index in [9.17, 15) is 8.78 Å². The van der Waals surface area contributed by atoms with Gasteiger partial charge in [-0.3, -0.25) is 0 Å². The third-order valence-corrected chi connectivity index (χ3v) is 5.13. The lowest BCUT2D eigenvalue weighted by Gasteiger charge is -2.28. The Morgan fingerprint density at radius 2 is 1.86 bits per heavy atom. The second kappa shape index (κ2) is 5.87. The summed E-state index contributed by atoms with van der Waals surface area (Å²) in [5.41, 5.74) is 0.846. The predicted molar refractivity (Wildman–Crippen MR) is 82.8 cm³/mol. The fourth-order valence-electron chi connectivity index (χ4n) is 3.44. The van der Waals surface area contributed by atoms with Crippen LogP contribution in [0.1, 0.15) is 39.0 Å². The Bertz CT molecular complexity index is 696. The van der Waals surface area contributed by atoms with Crippen LogP contribution in [0.5, 0.6) is 0 Å². The fraction of sp³-hybridized carbons (Fsp3) is 0.562. The molecular formula is C16H20F2N2S. The molecule has 1 heterocycles. The molecule has 114 valence electrons. The second-order valence-electron chi connectivity index (χ2n) is 6.09. The Morgan fingerprint density at radius 1 is 1.19 bits per heavy atom. The fourth-order valence-corrected chi connectivity index (χ4v) is 3.72. The molecule has 0 spiro atoms. The molecule has 1 N–H and O–H groups in total. The molecule has 0 saturated heterocycles. The van der Waals surface area contributed by atoms with Gasteiger partial charge in [0.1, 0.15) is 5.52 Å². The normalized spacial score (nSPS) is 22.8. The molecule has 2 aromatic rings. The molecule has 1 aliphatic carbocycles. The zero-order valence-electron chi connectivity index (χ0n) is 12.2. The number of aromatic amines is 1. The highest BCUT2D eigenvalue weighted by Crippen LogP contribution is 2.32. The Hall–Kier alpha value is -1.23. The van der Waals surface area contributed by atoms with Crippen LogP contribution in [0.15, 0.2) is 12.1 Å². The van der Waals surface area contributed by atoms with Crippen LogP contribution < -0.4 is 0 Å². The number of H-pyrrole nitrogens is 1. The van der Waals surface area contributed by atoms with Gasteiger partial charge in [-0.25, -0.2) is 8.78 Å². The topological polar surface area (TPSA) is 20.7 Å². The van der Waals surface area contributed by atoms with Crippen LogP contribution in [0.4, 0.5) is 8.78 Å². The lowest BCUT2D eigenvalue weighted by Crippen LogP contribution is -2.19. The zero-order valence-corrected chi connectivity index (χ0v) is 13.0. The highest BCUT2D eigenvalue weighted by atomic mass is 32.1. The minimum absolute atomic E-state index is 0.276. The van der Waals surface area contributed by atoms with Gasteiger partial charge in [0.15, 0.2) is 16.4 Å². The van der Waals surface area contributed by atoms with E-state index in [-0.39, 0.29) is 5.52 Å². The number of hydrogen-bond donors (Lipinski definition) is 1. The van der Waals surface area contributed by atoms with Crippen molar-refractivity contribution < 1.29 is 8.78 Å². The average Bonchev–Trinajstić information content (AvgIpc) is 2.81. The van der Waals surface area contributed by atoms with Gasteiger partial charge >= 0.3 is 0 Å². The summed E-state index contributed by atoms with van der Waals surface area (Å²) >= 11 is 5.29. The number of imidazole rings is 1. The van der Waals surface area contributed by atoms with Crippen LogP contribution in [0.2, 0.25) is 0 Å². The first-order valence-corrected chi connectivity index (χ1v) is 8.07. The van der Waals surface area contributed by atoms with Gasteiger partial charge < -0.3 is 9.55 Å². The number of nitrogens with zero attached hydrogens (tertiary/aromatic N) is 1. The monoisotopic (exact) mass is 310 g/mol. The van der Waals surface area contributed by atoms with Crippen molar-refractivity contribution in [3.63, 3.8) is 0 Å². The highest BCUT2D eigenvalue weighted by Gasteiger charge is 2.22. The van der Waals surface area contributed by atoms with Crippen molar-refractivity contribution in [3.8, 4) is 0 Å². The van der Waals surface area contributed by atoms with Gasteiger partial charge in [-0.15, -0.1) is 0 Å². The van der Waals surface area contributed by atoms with Crippen molar-refractivity contribution in [3.05, 3.63) is 28.5 Å². The number of hydrogen-bond acceptors (Lipinski definition) is 1. The lowest BCUT2D eigenvalue weighted by molar-refractivity contribution is 0.248. The van der Waals surface area contributed by atoms with Crippen LogP contribution in [0.3, 0.4) is 0 Å². The first-order chi connectivity index (χ1) is 10.1. The summed E-state index contributed by atoms with van der Waals surface area (Å²) in [5.74, 6) is -0.297. The number of fused-ring (bicyclic) bond motifs is 1. The summed E-state index contributed by atoms with van der Waals surface area (Å²) in [6, 6.07) is 2.69. The van der Waals surface area contributed by atoms with Crippen molar-refractivity contribution in [2.75, 3.05) is 0 Å².